The first-order chi connectivity index (χ1) is 5.87. The highest BCUT2D eigenvalue weighted by Gasteiger charge is 2.11. The molecule has 0 aliphatic heterocycles. The van der Waals surface area contributed by atoms with E-state index in [2.05, 4.69) is 20.0 Å². The molecule has 0 aliphatic carbocycles. The van der Waals surface area contributed by atoms with Crippen molar-refractivity contribution in [1.82, 2.24) is 15.0 Å². The van der Waals surface area contributed by atoms with Crippen molar-refractivity contribution >= 4 is 74.0 Å². The van der Waals surface area contributed by atoms with Crippen molar-refractivity contribution in [1.29, 1.82) is 0 Å². The van der Waals surface area contributed by atoms with E-state index in [0.29, 0.717) is 0 Å². The Hall–Kier alpha value is 0.410. The van der Waals surface area contributed by atoms with Crippen molar-refractivity contribution in [3.05, 3.63) is 10.6 Å². The molecule has 1 aromatic rings. The van der Waals surface area contributed by atoms with Crippen LogP contribution in [0.3, 0.4) is 0 Å². The molecule has 0 bridgehead atoms. The predicted octanol–water partition coefficient (Wildman–Crippen LogP) is 1.88. The van der Waals surface area contributed by atoms with Gasteiger partial charge in [0.2, 0.25) is 16.5 Å². The van der Waals surface area contributed by atoms with Crippen LogP contribution >= 0.6 is 68.0 Å². The molecule has 0 fully saturated rings. The van der Waals surface area contributed by atoms with Crippen molar-refractivity contribution in [2.75, 3.05) is 5.09 Å². The summed E-state index contributed by atoms with van der Waals surface area (Å²) in [4.78, 5) is 10.5. The van der Waals surface area contributed by atoms with Crippen LogP contribution < -0.4 is 16.1 Å². The van der Waals surface area contributed by atoms with Gasteiger partial charge in [-0.05, 0) is 23.2 Å². The third-order valence-electron chi connectivity index (χ3n) is 0.856. The largest absolute Gasteiger partial charge is 0.300 e. The number of nitrogens with two attached hydrogens (primary N) is 2. The van der Waals surface area contributed by atoms with Crippen LogP contribution in [0.5, 0.6) is 0 Å². The molecule has 0 unspecified atom stereocenters. The van der Waals surface area contributed by atoms with Gasteiger partial charge >= 0.3 is 0 Å². The van der Waals surface area contributed by atoms with Gasteiger partial charge in [-0.3, -0.25) is 20.7 Å². The SMILES string of the molecule is Cl.Cl.Cl.NP(N)(=O)Nc1nc(Cl)nc(Cl)n1. The third-order valence-corrected chi connectivity index (χ3v) is 1.74. The zero-order valence-electron chi connectivity index (χ0n) is 7.33. The molecule has 1 rings (SSSR count). The molecule has 0 aromatic carbocycles. The van der Waals surface area contributed by atoms with Gasteiger partial charge in [-0.1, -0.05) is 0 Å². The van der Waals surface area contributed by atoms with Crippen molar-refractivity contribution in [2.45, 2.75) is 0 Å². The Morgan fingerprint density at radius 1 is 1.00 bits per heavy atom. The van der Waals surface area contributed by atoms with E-state index in [1.807, 2.05) is 0 Å². The van der Waals surface area contributed by atoms with Crippen molar-refractivity contribution in [3.63, 3.8) is 0 Å². The average molecular weight is 352 g/mol. The quantitative estimate of drug-likeness (QED) is 0.695. The number of aromatic nitrogens is 3. The fourth-order valence-corrected chi connectivity index (χ4v) is 1.31. The van der Waals surface area contributed by atoms with E-state index in [9.17, 15) is 4.57 Å². The number of rotatable bonds is 2. The Morgan fingerprint density at radius 2 is 1.38 bits per heavy atom. The maximum absolute atomic E-state index is 10.9. The van der Waals surface area contributed by atoms with E-state index in [1.54, 1.807) is 0 Å². The Morgan fingerprint density at radius 3 is 1.69 bits per heavy atom. The molecule has 13 heteroatoms. The van der Waals surface area contributed by atoms with E-state index in [0.717, 1.165) is 0 Å². The highest BCUT2D eigenvalue weighted by molar-refractivity contribution is 7.60. The van der Waals surface area contributed by atoms with Crippen LogP contribution in [0.15, 0.2) is 0 Å². The fraction of sp³-hybridized carbons (Fsp3) is 0. The van der Waals surface area contributed by atoms with E-state index < -0.39 is 7.59 Å². The second-order valence-corrected chi connectivity index (χ2v) is 4.34. The first kappa shape index (κ1) is 21.7. The summed E-state index contributed by atoms with van der Waals surface area (Å²) in [6, 6.07) is 0. The number of nitrogens with one attached hydrogen (secondary N) is 1. The second-order valence-electron chi connectivity index (χ2n) is 2.02. The lowest BCUT2D eigenvalue weighted by Gasteiger charge is -2.07. The van der Waals surface area contributed by atoms with Crippen LogP contribution in [0.4, 0.5) is 5.95 Å². The predicted molar refractivity (Wildman–Crippen MR) is 71.2 cm³/mol. The third kappa shape index (κ3) is 8.55. The van der Waals surface area contributed by atoms with Crippen LogP contribution in [0.25, 0.3) is 0 Å². The lowest BCUT2D eigenvalue weighted by atomic mass is 11.0. The molecule has 16 heavy (non-hydrogen) atoms. The molecule has 0 radical (unpaired) electrons. The van der Waals surface area contributed by atoms with Crippen molar-refractivity contribution < 1.29 is 4.57 Å². The second kappa shape index (κ2) is 8.49. The molecule has 0 saturated carbocycles. The zero-order chi connectivity index (χ0) is 10.1. The van der Waals surface area contributed by atoms with Gasteiger partial charge in [0.05, 0.1) is 0 Å². The maximum Gasteiger partial charge on any atom is 0.300 e. The van der Waals surface area contributed by atoms with Gasteiger partial charge in [0, 0.05) is 0 Å². The van der Waals surface area contributed by atoms with Gasteiger partial charge < -0.3 is 0 Å². The molecule has 0 saturated heterocycles. The van der Waals surface area contributed by atoms with Gasteiger partial charge in [0.25, 0.3) is 7.59 Å². The molecule has 0 spiro atoms. The molecule has 1 heterocycles. The van der Waals surface area contributed by atoms with E-state index >= 15 is 0 Å². The summed E-state index contributed by atoms with van der Waals surface area (Å²) in [5, 5.41) is 1.86. The fourth-order valence-electron chi connectivity index (χ4n) is 0.532. The number of hydrogen-bond donors (Lipinski definition) is 3. The van der Waals surface area contributed by atoms with Gasteiger partial charge in [0.1, 0.15) is 0 Å². The Balaban J connectivity index is -0.000000563. The molecule has 0 amide bonds. The lowest BCUT2D eigenvalue weighted by Crippen LogP contribution is -2.15. The molecular weight excluding hydrogens is 344 g/mol. The summed E-state index contributed by atoms with van der Waals surface area (Å²) in [5.41, 5.74) is 10.0. The summed E-state index contributed by atoms with van der Waals surface area (Å²) in [6.45, 7) is 0. The van der Waals surface area contributed by atoms with Crippen LogP contribution in [0, 0.1) is 0 Å². The van der Waals surface area contributed by atoms with Gasteiger partial charge in [-0.2, -0.15) is 15.0 Å². The molecule has 0 atom stereocenters. The Kier molecular flexibility index (Phi) is 11.5. The van der Waals surface area contributed by atoms with Crippen molar-refractivity contribution in [2.24, 2.45) is 11.0 Å². The topological polar surface area (TPSA) is 120 Å². The molecule has 7 nitrogen and oxygen atoms in total. The summed E-state index contributed by atoms with van der Waals surface area (Å²) < 4.78 is 10.9. The minimum Gasteiger partial charge on any atom is -0.281 e. The van der Waals surface area contributed by atoms with Crippen LogP contribution in [-0.4, -0.2) is 15.0 Å². The van der Waals surface area contributed by atoms with Crippen LogP contribution in [-0.2, 0) is 4.57 Å². The number of anilines is 1. The van der Waals surface area contributed by atoms with Gasteiger partial charge in [-0.25, -0.2) is 0 Å². The minimum absolute atomic E-state index is 0. The number of hydrogen-bond acceptors (Lipinski definition) is 4. The van der Waals surface area contributed by atoms with Gasteiger partial charge in [0.15, 0.2) is 0 Å². The zero-order valence-corrected chi connectivity index (χ0v) is 12.2. The lowest BCUT2D eigenvalue weighted by molar-refractivity contribution is 0.580. The van der Waals surface area contributed by atoms with Crippen LogP contribution in [0.1, 0.15) is 0 Å². The Labute approximate surface area is 120 Å². The summed E-state index contributed by atoms with van der Waals surface area (Å²) in [5.74, 6) is -0.127. The minimum atomic E-state index is -3.45. The molecule has 5 N–H and O–H groups in total. The molecule has 1 aromatic heterocycles. The smallest absolute Gasteiger partial charge is 0.281 e. The normalized spacial score (nSPS) is 9.25. The number of halogens is 5. The standard InChI is InChI=1S/C3H5Cl2N6OP.3ClH/c4-1-8-2(5)10-3(9-1)11-13(6,7)12;;;/h(H5,6,7,8,9,10,11,12);3*1H. The summed E-state index contributed by atoms with van der Waals surface area (Å²) >= 11 is 10.8. The monoisotopic (exact) mass is 350 g/mol. The maximum atomic E-state index is 10.9. The highest BCUT2D eigenvalue weighted by Crippen LogP contribution is 2.25. The van der Waals surface area contributed by atoms with E-state index in [-0.39, 0.29) is 53.7 Å². The number of nitrogens with zero attached hydrogens (tertiary/aromatic N) is 3. The average Bonchev–Trinajstić information content (AvgIpc) is 1.78. The molecule has 96 valence electrons. The summed E-state index contributed by atoms with van der Waals surface area (Å²) in [7, 11) is -3.45. The molecule has 0 aliphatic rings. The van der Waals surface area contributed by atoms with Crippen LogP contribution in [0.2, 0.25) is 10.6 Å². The first-order valence-electron chi connectivity index (χ1n) is 2.89. The first-order valence-corrected chi connectivity index (χ1v) is 5.49. The Bertz CT molecular complexity index is 351. The van der Waals surface area contributed by atoms with Gasteiger partial charge in [-0.15, -0.1) is 37.2 Å². The van der Waals surface area contributed by atoms with E-state index in [4.69, 9.17) is 34.2 Å². The summed E-state index contributed by atoms with van der Waals surface area (Å²) in [6.07, 6.45) is 0. The van der Waals surface area contributed by atoms with Crippen molar-refractivity contribution in [3.8, 4) is 0 Å². The molecular formula is C3H8Cl5N6OP. The van der Waals surface area contributed by atoms with E-state index in [1.165, 1.54) is 0 Å². The highest BCUT2D eigenvalue weighted by atomic mass is 35.5.